The maximum atomic E-state index is 14.9. The highest BCUT2D eigenvalue weighted by Gasteiger charge is 2.37. The third-order valence-electron chi connectivity index (χ3n) is 5.25. The zero-order valence-electron chi connectivity index (χ0n) is 18.1. The van der Waals surface area contributed by atoms with E-state index in [4.69, 9.17) is 15.1 Å². The molecule has 0 spiro atoms. The van der Waals surface area contributed by atoms with Crippen LogP contribution in [0.25, 0.3) is 11.0 Å². The van der Waals surface area contributed by atoms with E-state index < -0.39 is 33.4 Å². The molecule has 1 saturated carbocycles. The predicted molar refractivity (Wildman–Crippen MR) is 118 cm³/mol. The highest BCUT2D eigenvalue weighted by Crippen LogP contribution is 2.37. The number of aromatic carboxylic acids is 1. The summed E-state index contributed by atoms with van der Waals surface area (Å²) in [6, 6.07) is 0.339. The summed E-state index contributed by atoms with van der Waals surface area (Å²) >= 11 is 0. The average molecular weight is 485 g/mol. The van der Waals surface area contributed by atoms with Gasteiger partial charge in [0.05, 0.1) is 29.4 Å². The second-order valence-electron chi connectivity index (χ2n) is 7.85. The smallest absolute Gasteiger partial charge is 0.341 e. The largest absolute Gasteiger partial charge is 0.477 e. The lowest BCUT2D eigenvalue weighted by atomic mass is 10.1. The molecule has 0 aromatic carbocycles. The first-order valence-corrected chi connectivity index (χ1v) is 11.7. The molecular weight excluding hydrogens is 461 g/mol. The summed E-state index contributed by atoms with van der Waals surface area (Å²) in [6.45, 7) is 2.11. The number of pyridine rings is 2. The monoisotopic (exact) mass is 485 g/mol. The first-order chi connectivity index (χ1) is 15.3. The average Bonchev–Trinajstić information content (AvgIpc) is 3.49. The Labute approximate surface area is 188 Å². The Morgan fingerprint density at radius 1 is 1.39 bits per heavy atom. The molecule has 2 fully saturated rings. The second kappa shape index (κ2) is 9.03. The van der Waals surface area contributed by atoms with Crippen LogP contribution in [0.2, 0.25) is 0 Å². The summed E-state index contributed by atoms with van der Waals surface area (Å²) in [7, 11) is -2.25. The van der Waals surface area contributed by atoms with Crippen LogP contribution in [0.4, 0.5) is 10.2 Å². The third kappa shape index (κ3) is 5.29. The number of anilines is 1. The van der Waals surface area contributed by atoms with Gasteiger partial charge in [0.1, 0.15) is 18.3 Å². The molecule has 2 atom stereocenters. The van der Waals surface area contributed by atoms with E-state index in [0.29, 0.717) is 18.5 Å². The minimum Gasteiger partial charge on any atom is -0.477 e. The van der Waals surface area contributed by atoms with E-state index in [1.54, 1.807) is 9.47 Å². The molecule has 4 rings (SSSR count). The van der Waals surface area contributed by atoms with Gasteiger partial charge in [-0.1, -0.05) is 5.16 Å². The van der Waals surface area contributed by atoms with Crippen LogP contribution >= 0.6 is 0 Å². The number of carbonyl (C=O) groups is 1. The topological polar surface area (TPSA) is 177 Å². The van der Waals surface area contributed by atoms with Crippen molar-refractivity contribution in [3.63, 3.8) is 0 Å². The zero-order chi connectivity index (χ0) is 24.7. The Bertz CT molecular complexity index is 1280. The molecule has 2 aromatic heterocycles. The van der Waals surface area contributed by atoms with Crippen molar-refractivity contribution in [2.24, 2.45) is 10.9 Å². The summed E-state index contributed by atoms with van der Waals surface area (Å²) in [5.41, 5.74) is 5.80. The molecule has 4 N–H and O–H groups in total. The van der Waals surface area contributed by atoms with E-state index in [1.807, 2.05) is 6.92 Å². The molecule has 14 heteroatoms. The highest BCUT2D eigenvalue weighted by molar-refractivity contribution is 7.85. The molecule has 0 radical (unpaired) electrons. The normalized spacial score (nSPS) is 21.8. The summed E-state index contributed by atoms with van der Waals surface area (Å²) in [4.78, 5) is 34.9. The van der Waals surface area contributed by atoms with Crippen LogP contribution < -0.4 is 16.1 Å². The van der Waals surface area contributed by atoms with Crippen molar-refractivity contribution in [1.82, 2.24) is 9.55 Å². The summed E-state index contributed by atoms with van der Waals surface area (Å²) in [5.74, 6) is -2.01. The number of nitrogens with zero attached hydrogens (tertiary/aromatic N) is 4. The number of hydrogen-bond acceptors (Lipinski definition) is 9. The predicted octanol–water partition coefficient (Wildman–Crippen LogP) is 0.611. The molecule has 1 aliphatic carbocycles. The molecule has 1 aliphatic heterocycles. The number of nitrogens with two attached hydrogens (primary N) is 1. The molecule has 2 unspecified atom stereocenters. The van der Waals surface area contributed by atoms with Crippen LogP contribution in [0.15, 0.2) is 22.2 Å². The van der Waals surface area contributed by atoms with Crippen molar-refractivity contribution >= 4 is 38.7 Å². The lowest BCUT2D eigenvalue weighted by Gasteiger charge is -2.23. The van der Waals surface area contributed by atoms with Crippen molar-refractivity contribution < 1.29 is 32.1 Å². The fourth-order valence-corrected chi connectivity index (χ4v) is 3.67. The van der Waals surface area contributed by atoms with E-state index in [9.17, 15) is 27.5 Å². The van der Waals surface area contributed by atoms with Crippen molar-refractivity contribution in [3.05, 3.63) is 33.9 Å². The summed E-state index contributed by atoms with van der Waals surface area (Å²) in [6.07, 6.45) is 3.71. The molecule has 1 saturated heterocycles. The zero-order valence-corrected chi connectivity index (χ0v) is 18.9. The van der Waals surface area contributed by atoms with Gasteiger partial charge >= 0.3 is 5.97 Å². The van der Waals surface area contributed by atoms with E-state index in [2.05, 4.69) is 10.1 Å². The number of fused-ring (bicyclic) bond motifs is 1. The van der Waals surface area contributed by atoms with Gasteiger partial charge in [0.25, 0.3) is 10.1 Å². The quantitative estimate of drug-likeness (QED) is 0.410. The number of carboxylic acids is 1. The van der Waals surface area contributed by atoms with Gasteiger partial charge in [-0.2, -0.15) is 8.42 Å². The fraction of sp³-hybridized carbons (Fsp3) is 0.474. The van der Waals surface area contributed by atoms with Crippen molar-refractivity contribution in [3.8, 4) is 0 Å². The van der Waals surface area contributed by atoms with Crippen LogP contribution in [-0.4, -0.2) is 71.3 Å². The lowest BCUT2D eigenvalue weighted by Crippen LogP contribution is -2.32. The van der Waals surface area contributed by atoms with Crippen LogP contribution in [0.5, 0.6) is 0 Å². The van der Waals surface area contributed by atoms with Crippen LogP contribution in [0.3, 0.4) is 0 Å². The minimum absolute atomic E-state index is 0.0463. The Morgan fingerprint density at radius 2 is 2.00 bits per heavy atom. The van der Waals surface area contributed by atoms with Crippen molar-refractivity contribution in [1.29, 1.82) is 0 Å². The molecule has 2 aromatic rings. The van der Waals surface area contributed by atoms with Gasteiger partial charge in [-0.3, -0.25) is 9.35 Å². The van der Waals surface area contributed by atoms with Gasteiger partial charge in [0, 0.05) is 18.8 Å². The number of halogens is 1. The molecule has 0 amide bonds. The Hall–Kier alpha value is -3.10. The molecule has 3 heterocycles. The molecule has 180 valence electrons. The number of aromatic nitrogens is 2. The standard InChI is InChI=1S/C18H20FN5O4.CH4O3S/c1-8-14(22-28-2)13(20)7-23(8)17-12(19)5-10-15(25)11(18(26)27)6-24(9-3-4-9)16(10)21-17;1-5(2,3)4/h5-6,8-9,13H,3-4,7,20H2,1-2H3,(H,26,27);1H3,(H,2,3,4). The van der Waals surface area contributed by atoms with Gasteiger partial charge < -0.3 is 25.1 Å². The molecule has 12 nitrogen and oxygen atoms in total. The molecule has 0 bridgehead atoms. The van der Waals surface area contributed by atoms with E-state index in [-0.39, 0.29) is 34.5 Å². The van der Waals surface area contributed by atoms with Crippen LogP contribution in [0, 0.1) is 5.82 Å². The minimum atomic E-state index is -3.67. The summed E-state index contributed by atoms with van der Waals surface area (Å²) < 4.78 is 42.5. The number of carboxylic acid groups (broad SMARTS) is 1. The van der Waals surface area contributed by atoms with Gasteiger partial charge in [0.15, 0.2) is 11.6 Å². The van der Waals surface area contributed by atoms with Crippen LogP contribution in [0.1, 0.15) is 36.2 Å². The number of oxime groups is 1. The molecule has 33 heavy (non-hydrogen) atoms. The van der Waals surface area contributed by atoms with Gasteiger partial charge in [-0.25, -0.2) is 14.2 Å². The van der Waals surface area contributed by atoms with E-state index >= 15 is 0 Å². The maximum Gasteiger partial charge on any atom is 0.341 e. The Morgan fingerprint density at radius 3 is 2.52 bits per heavy atom. The van der Waals surface area contributed by atoms with Crippen LogP contribution in [-0.2, 0) is 15.0 Å². The fourth-order valence-electron chi connectivity index (χ4n) is 3.67. The molecule has 2 aliphatic rings. The Balaban J connectivity index is 0.000000555. The highest BCUT2D eigenvalue weighted by atomic mass is 32.2. The lowest BCUT2D eigenvalue weighted by molar-refractivity contribution is 0.0694. The Kier molecular flexibility index (Phi) is 6.72. The van der Waals surface area contributed by atoms with Gasteiger partial charge in [-0.15, -0.1) is 0 Å². The van der Waals surface area contributed by atoms with E-state index in [0.717, 1.165) is 18.9 Å². The van der Waals surface area contributed by atoms with Crippen molar-refractivity contribution in [2.45, 2.75) is 37.9 Å². The second-order valence-corrected chi connectivity index (χ2v) is 9.31. The molecular formula is C19H24FN5O7S. The third-order valence-corrected chi connectivity index (χ3v) is 5.25. The first kappa shape index (κ1) is 24.5. The number of rotatable bonds is 4. The maximum absolute atomic E-state index is 14.9. The van der Waals surface area contributed by atoms with E-state index in [1.165, 1.54) is 13.3 Å². The van der Waals surface area contributed by atoms with Gasteiger partial charge in [0.2, 0.25) is 5.43 Å². The van der Waals surface area contributed by atoms with Gasteiger partial charge in [-0.05, 0) is 25.8 Å². The number of hydrogen-bond donors (Lipinski definition) is 3. The summed E-state index contributed by atoms with van der Waals surface area (Å²) in [5, 5.41) is 13.2. The van der Waals surface area contributed by atoms with Crippen molar-refractivity contribution in [2.75, 3.05) is 24.8 Å². The SMILES string of the molecule is CON=C1C(N)CN(c2nc3c(cc2F)c(=O)c(C(=O)O)cn3C2CC2)C1C.CS(=O)(=O)O. The first-order valence-electron chi connectivity index (χ1n) is 9.87.